The van der Waals surface area contributed by atoms with Crippen molar-refractivity contribution in [3.8, 4) is 0 Å². The zero-order valence-electron chi connectivity index (χ0n) is 7.51. The molecule has 1 atom stereocenters. The van der Waals surface area contributed by atoms with Crippen molar-refractivity contribution in [3.63, 3.8) is 0 Å². The first kappa shape index (κ1) is 10.3. The quantitative estimate of drug-likeness (QED) is 0.663. The van der Waals surface area contributed by atoms with Crippen LogP contribution in [0.4, 0.5) is 0 Å². The molecule has 0 aromatic carbocycles. The van der Waals surface area contributed by atoms with Gasteiger partial charge in [-0.2, -0.15) is 0 Å². The second-order valence-electron chi connectivity index (χ2n) is 3.51. The van der Waals surface area contributed by atoms with E-state index in [0.717, 1.165) is 37.7 Å². The Balaban J connectivity index is 2.08. The van der Waals surface area contributed by atoms with Gasteiger partial charge in [0.25, 0.3) is 0 Å². The minimum Gasteiger partial charge on any atom is -0.396 e. The van der Waals surface area contributed by atoms with Crippen LogP contribution in [0.2, 0.25) is 0 Å². The van der Waals surface area contributed by atoms with Gasteiger partial charge in [0.15, 0.2) is 0 Å². The maximum Gasteiger partial charge on any atom is 0.0434 e. The molecule has 1 aliphatic rings. The third-order valence-corrected chi connectivity index (χ3v) is 2.78. The molecule has 0 radical (unpaired) electrons. The van der Waals surface area contributed by atoms with Crippen LogP contribution in [0.1, 0.15) is 19.3 Å². The average Bonchev–Trinajstić information content (AvgIpc) is 2.50. The van der Waals surface area contributed by atoms with Gasteiger partial charge in [0.05, 0.1) is 0 Å². The van der Waals surface area contributed by atoms with Crippen molar-refractivity contribution >= 4 is 11.6 Å². The van der Waals surface area contributed by atoms with Crippen LogP contribution >= 0.6 is 11.6 Å². The maximum absolute atomic E-state index is 8.75. The number of rotatable bonds is 5. The summed E-state index contributed by atoms with van der Waals surface area (Å²) in [5, 5.41) is 8.75. The zero-order valence-corrected chi connectivity index (χ0v) is 8.26. The SMILES string of the molecule is OCCC1CCN(CCCCl)C1. The molecule has 72 valence electrons. The van der Waals surface area contributed by atoms with E-state index in [1.54, 1.807) is 0 Å². The maximum atomic E-state index is 8.75. The first-order valence-electron chi connectivity index (χ1n) is 4.76. The lowest BCUT2D eigenvalue weighted by Gasteiger charge is -2.14. The van der Waals surface area contributed by atoms with Crippen LogP contribution in [0.15, 0.2) is 0 Å². The van der Waals surface area contributed by atoms with Crippen molar-refractivity contribution in [2.75, 3.05) is 32.1 Å². The number of halogens is 1. The molecular formula is C9H18ClNO. The third kappa shape index (κ3) is 3.30. The molecule has 1 saturated heterocycles. The van der Waals surface area contributed by atoms with Crippen LogP contribution in [0, 0.1) is 5.92 Å². The molecule has 0 amide bonds. The summed E-state index contributed by atoms with van der Waals surface area (Å²) >= 11 is 5.61. The number of alkyl halides is 1. The van der Waals surface area contributed by atoms with Gasteiger partial charge < -0.3 is 10.0 Å². The van der Waals surface area contributed by atoms with Gasteiger partial charge in [0.1, 0.15) is 0 Å². The summed E-state index contributed by atoms with van der Waals surface area (Å²) in [5.41, 5.74) is 0. The summed E-state index contributed by atoms with van der Waals surface area (Å²) in [5.74, 6) is 1.49. The first-order valence-corrected chi connectivity index (χ1v) is 5.29. The van der Waals surface area contributed by atoms with E-state index < -0.39 is 0 Å². The fourth-order valence-corrected chi connectivity index (χ4v) is 1.94. The molecule has 0 aromatic heterocycles. The monoisotopic (exact) mass is 191 g/mol. The lowest BCUT2D eigenvalue weighted by molar-refractivity contribution is 0.251. The highest BCUT2D eigenvalue weighted by atomic mass is 35.5. The standard InChI is InChI=1S/C9H18ClNO/c10-4-1-5-11-6-2-9(8-11)3-7-12/h9,12H,1-8H2. The van der Waals surface area contributed by atoms with Crippen LogP contribution in [-0.4, -0.2) is 42.1 Å². The number of likely N-dealkylation sites (tertiary alicyclic amines) is 1. The summed E-state index contributed by atoms with van der Waals surface area (Å²) in [4.78, 5) is 2.45. The molecule has 1 unspecified atom stereocenters. The summed E-state index contributed by atoms with van der Waals surface area (Å²) in [6.45, 7) is 3.83. The van der Waals surface area contributed by atoms with Crippen molar-refractivity contribution in [3.05, 3.63) is 0 Å². The lowest BCUT2D eigenvalue weighted by atomic mass is 10.1. The molecule has 0 aliphatic carbocycles. The number of hydrogen-bond acceptors (Lipinski definition) is 2. The zero-order chi connectivity index (χ0) is 8.81. The van der Waals surface area contributed by atoms with E-state index in [4.69, 9.17) is 16.7 Å². The number of hydrogen-bond donors (Lipinski definition) is 1. The van der Waals surface area contributed by atoms with Gasteiger partial charge in [-0.05, 0) is 38.3 Å². The molecule has 1 fully saturated rings. The molecule has 3 heteroatoms. The van der Waals surface area contributed by atoms with Gasteiger partial charge in [-0.1, -0.05) is 0 Å². The van der Waals surface area contributed by atoms with Gasteiger partial charge in [-0.25, -0.2) is 0 Å². The van der Waals surface area contributed by atoms with E-state index in [1.807, 2.05) is 0 Å². The normalized spacial score (nSPS) is 25.0. The summed E-state index contributed by atoms with van der Waals surface area (Å²) in [6.07, 6.45) is 3.31. The predicted octanol–water partition coefficient (Wildman–Crippen LogP) is 1.32. The molecular weight excluding hydrogens is 174 g/mol. The van der Waals surface area contributed by atoms with E-state index in [0.29, 0.717) is 6.61 Å². The molecule has 0 spiro atoms. The van der Waals surface area contributed by atoms with E-state index >= 15 is 0 Å². The van der Waals surface area contributed by atoms with Gasteiger partial charge in [0, 0.05) is 19.0 Å². The predicted molar refractivity (Wildman–Crippen MR) is 51.6 cm³/mol. The minimum absolute atomic E-state index is 0.341. The van der Waals surface area contributed by atoms with Crippen molar-refractivity contribution < 1.29 is 5.11 Å². The summed E-state index contributed by atoms with van der Waals surface area (Å²) in [6, 6.07) is 0. The Hall–Kier alpha value is 0.210. The number of aliphatic hydroxyl groups excluding tert-OH is 1. The van der Waals surface area contributed by atoms with Crippen LogP contribution < -0.4 is 0 Å². The first-order chi connectivity index (χ1) is 5.86. The topological polar surface area (TPSA) is 23.5 Å². The van der Waals surface area contributed by atoms with E-state index in [1.165, 1.54) is 13.0 Å². The smallest absolute Gasteiger partial charge is 0.0434 e. The minimum atomic E-state index is 0.341. The van der Waals surface area contributed by atoms with Crippen molar-refractivity contribution in [2.45, 2.75) is 19.3 Å². The summed E-state index contributed by atoms with van der Waals surface area (Å²) in [7, 11) is 0. The molecule has 0 aromatic rings. The molecule has 1 rings (SSSR count). The highest BCUT2D eigenvalue weighted by Crippen LogP contribution is 2.18. The second-order valence-corrected chi connectivity index (χ2v) is 3.89. The number of aliphatic hydroxyl groups is 1. The Kier molecular flexibility index (Phi) is 4.96. The van der Waals surface area contributed by atoms with E-state index in [2.05, 4.69) is 4.90 Å². The van der Waals surface area contributed by atoms with Gasteiger partial charge >= 0.3 is 0 Å². The van der Waals surface area contributed by atoms with Crippen LogP contribution in [-0.2, 0) is 0 Å². The van der Waals surface area contributed by atoms with Gasteiger partial charge in [0.2, 0.25) is 0 Å². The summed E-state index contributed by atoms with van der Waals surface area (Å²) < 4.78 is 0. The highest BCUT2D eigenvalue weighted by molar-refractivity contribution is 6.17. The Bertz CT molecular complexity index is 121. The van der Waals surface area contributed by atoms with Gasteiger partial charge in [-0.3, -0.25) is 0 Å². The molecule has 0 bridgehead atoms. The Labute approximate surface area is 79.5 Å². The Morgan fingerprint density at radius 3 is 3.00 bits per heavy atom. The lowest BCUT2D eigenvalue weighted by Crippen LogP contribution is -2.22. The molecule has 2 nitrogen and oxygen atoms in total. The van der Waals surface area contributed by atoms with Gasteiger partial charge in [-0.15, -0.1) is 11.6 Å². The molecule has 12 heavy (non-hydrogen) atoms. The van der Waals surface area contributed by atoms with Crippen LogP contribution in [0.5, 0.6) is 0 Å². The number of nitrogens with zero attached hydrogens (tertiary/aromatic N) is 1. The third-order valence-electron chi connectivity index (χ3n) is 2.52. The second kappa shape index (κ2) is 5.79. The van der Waals surface area contributed by atoms with Crippen molar-refractivity contribution in [2.24, 2.45) is 5.92 Å². The van der Waals surface area contributed by atoms with Crippen LogP contribution in [0.25, 0.3) is 0 Å². The largest absolute Gasteiger partial charge is 0.396 e. The molecule has 1 N–H and O–H groups in total. The fourth-order valence-electron chi connectivity index (χ4n) is 1.82. The van der Waals surface area contributed by atoms with Crippen LogP contribution in [0.3, 0.4) is 0 Å². The van der Waals surface area contributed by atoms with E-state index in [9.17, 15) is 0 Å². The van der Waals surface area contributed by atoms with Crippen molar-refractivity contribution in [1.29, 1.82) is 0 Å². The molecule has 1 aliphatic heterocycles. The molecule has 0 saturated carbocycles. The van der Waals surface area contributed by atoms with Crippen molar-refractivity contribution in [1.82, 2.24) is 4.90 Å². The Morgan fingerprint density at radius 1 is 1.50 bits per heavy atom. The van der Waals surface area contributed by atoms with E-state index in [-0.39, 0.29) is 0 Å². The highest BCUT2D eigenvalue weighted by Gasteiger charge is 2.20. The Morgan fingerprint density at radius 2 is 2.33 bits per heavy atom. The fraction of sp³-hybridized carbons (Fsp3) is 1.00. The molecule has 1 heterocycles. The average molecular weight is 192 g/mol.